The Morgan fingerprint density at radius 1 is 1.00 bits per heavy atom. The van der Waals surface area contributed by atoms with E-state index in [1.807, 2.05) is 0 Å². The van der Waals surface area contributed by atoms with Gasteiger partial charge in [-0.2, -0.15) is 4.31 Å². The summed E-state index contributed by atoms with van der Waals surface area (Å²) in [5.74, 6) is 0. The molecule has 1 aromatic rings. The highest BCUT2D eigenvalue weighted by Gasteiger charge is 2.24. The first-order chi connectivity index (χ1) is 10.0. The molecule has 0 saturated carbocycles. The molecule has 0 atom stereocenters. The molecule has 0 fully saturated rings. The van der Waals surface area contributed by atoms with Gasteiger partial charge in [-0.05, 0) is 24.4 Å². The van der Waals surface area contributed by atoms with Crippen LogP contribution < -0.4 is 0 Å². The Hall–Kier alpha value is -0.720. The van der Waals surface area contributed by atoms with Crippen LogP contribution in [0.4, 0.5) is 0 Å². The molecule has 0 N–H and O–H groups in total. The largest absolute Gasteiger partial charge is 0.246 e. The highest BCUT2D eigenvalue weighted by Crippen LogP contribution is 2.17. The minimum Gasteiger partial charge on any atom is -0.225 e. The van der Waals surface area contributed by atoms with Crippen molar-refractivity contribution < 1.29 is 8.42 Å². The molecule has 21 heavy (non-hydrogen) atoms. The number of rotatable bonds is 10. The monoisotopic (exact) mass is 333 g/mol. The molecular formula is C14H24ClN3O2S. The van der Waals surface area contributed by atoms with Crippen molar-refractivity contribution in [3.05, 3.63) is 17.7 Å². The number of unbranched alkanes of at least 4 members (excludes halogenated alkanes) is 4. The smallest absolute Gasteiger partial charge is 0.225 e. The Labute approximate surface area is 132 Å². The van der Waals surface area contributed by atoms with Gasteiger partial charge in [-0.3, -0.25) is 0 Å². The lowest BCUT2D eigenvalue weighted by atomic mass is 10.2. The van der Waals surface area contributed by atoms with Gasteiger partial charge in [0.1, 0.15) is 4.90 Å². The molecule has 0 aliphatic heterocycles. The van der Waals surface area contributed by atoms with Crippen LogP contribution in [0, 0.1) is 0 Å². The maximum absolute atomic E-state index is 12.6. The molecule has 0 aliphatic carbocycles. The van der Waals surface area contributed by atoms with E-state index in [0.717, 1.165) is 38.5 Å². The van der Waals surface area contributed by atoms with Gasteiger partial charge in [0.25, 0.3) is 0 Å². The Morgan fingerprint density at radius 3 is 1.90 bits per heavy atom. The first kappa shape index (κ1) is 18.3. The number of hydrogen-bond acceptors (Lipinski definition) is 4. The lowest BCUT2D eigenvalue weighted by Crippen LogP contribution is -2.33. The van der Waals surface area contributed by atoms with E-state index in [4.69, 9.17) is 11.6 Å². The number of halogens is 1. The van der Waals surface area contributed by atoms with Crippen LogP contribution in [0.25, 0.3) is 0 Å². The fraction of sp³-hybridized carbons (Fsp3) is 0.714. The lowest BCUT2D eigenvalue weighted by molar-refractivity contribution is 0.388. The molecule has 1 rings (SSSR count). The van der Waals surface area contributed by atoms with E-state index in [1.54, 1.807) is 4.31 Å². The van der Waals surface area contributed by atoms with Gasteiger partial charge in [0.15, 0.2) is 0 Å². The summed E-state index contributed by atoms with van der Waals surface area (Å²) in [7, 11) is -3.53. The van der Waals surface area contributed by atoms with Crippen LogP contribution in [0.2, 0.25) is 5.28 Å². The minimum absolute atomic E-state index is 0.0532. The Bertz CT molecular complexity index is 495. The molecule has 1 aromatic heterocycles. The van der Waals surface area contributed by atoms with Gasteiger partial charge in [-0.25, -0.2) is 18.4 Å². The summed E-state index contributed by atoms with van der Waals surface area (Å²) < 4.78 is 26.8. The molecule has 7 heteroatoms. The standard InChI is InChI=1S/C14H24ClN3O2S/c1-3-5-7-9-18(10-8-6-4-2)21(19,20)13-11-16-14(15)17-12-13/h11-12H,3-10H2,1-2H3. The van der Waals surface area contributed by atoms with Crippen LogP contribution in [-0.2, 0) is 10.0 Å². The van der Waals surface area contributed by atoms with Crippen molar-refractivity contribution in [2.75, 3.05) is 13.1 Å². The van der Waals surface area contributed by atoms with E-state index in [0.29, 0.717) is 13.1 Å². The Balaban J connectivity index is 2.84. The second kappa shape index (κ2) is 9.33. The predicted octanol–water partition coefficient (Wildman–Crippen LogP) is 3.50. The maximum Gasteiger partial charge on any atom is 0.246 e. The third kappa shape index (κ3) is 5.88. The van der Waals surface area contributed by atoms with E-state index in [-0.39, 0.29) is 10.2 Å². The first-order valence-corrected chi connectivity index (χ1v) is 9.31. The van der Waals surface area contributed by atoms with Gasteiger partial charge >= 0.3 is 0 Å². The zero-order valence-corrected chi connectivity index (χ0v) is 14.3. The Kier molecular flexibility index (Phi) is 8.14. The van der Waals surface area contributed by atoms with E-state index in [9.17, 15) is 8.42 Å². The molecule has 1 heterocycles. The fourth-order valence-corrected chi connectivity index (χ4v) is 3.52. The van der Waals surface area contributed by atoms with E-state index in [2.05, 4.69) is 23.8 Å². The van der Waals surface area contributed by atoms with Crippen molar-refractivity contribution in [2.24, 2.45) is 0 Å². The van der Waals surface area contributed by atoms with Crippen LogP contribution in [-0.4, -0.2) is 35.8 Å². The summed E-state index contributed by atoms with van der Waals surface area (Å²) in [4.78, 5) is 7.65. The molecule has 0 aromatic carbocycles. The highest BCUT2D eigenvalue weighted by molar-refractivity contribution is 7.89. The summed E-state index contributed by atoms with van der Waals surface area (Å²) in [6.07, 6.45) is 8.47. The molecule has 0 saturated heterocycles. The Morgan fingerprint density at radius 2 is 1.48 bits per heavy atom. The van der Waals surface area contributed by atoms with Crippen molar-refractivity contribution in [3.8, 4) is 0 Å². The maximum atomic E-state index is 12.6. The van der Waals surface area contributed by atoms with Crippen molar-refractivity contribution in [1.82, 2.24) is 14.3 Å². The second-order valence-electron chi connectivity index (χ2n) is 5.01. The van der Waals surface area contributed by atoms with Crippen molar-refractivity contribution in [3.63, 3.8) is 0 Å². The first-order valence-electron chi connectivity index (χ1n) is 7.50. The molecule has 0 amide bonds. The van der Waals surface area contributed by atoms with Crippen molar-refractivity contribution in [2.45, 2.75) is 57.3 Å². The van der Waals surface area contributed by atoms with Crippen LogP contribution in [0.5, 0.6) is 0 Å². The number of sulfonamides is 1. The van der Waals surface area contributed by atoms with E-state index < -0.39 is 10.0 Å². The summed E-state index contributed by atoms with van der Waals surface area (Å²) >= 11 is 5.62. The number of hydrogen-bond donors (Lipinski definition) is 0. The van der Waals surface area contributed by atoms with E-state index >= 15 is 0 Å². The van der Waals surface area contributed by atoms with Gasteiger partial charge in [-0.1, -0.05) is 39.5 Å². The van der Waals surface area contributed by atoms with Gasteiger partial charge < -0.3 is 0 Å². The molecule has 120 valence electrons. The van der Waals surface area contributed by atoms with Gasteiger partial charge in [0.2, 0.25) is 15.3 Å². The number of nitrogens with zero attached hydrogens (tertiary/aromatic N) is 3. The third-order valence-corrected chi connectivity index (χ3v) is 5.30. The van der Waals surface area contributed by atoms with Crippen LogP contribution in [0.3, 0.4) is 0 Å². The molecular weight excluding hydrogens is 310 g/mol. The van der Waals surface area contributed by atoms with E-state index in [1.165, 1.54) is 12.4 Å². The zero-order valence-electron chi connectivity index (χ0n) is 12.8. The normalized spacial score (nSPS) is 12.0. The molecule has 0 bridgehead atoms. The summed E-state index contributed by atoms with van der Waals surface area (Å²) in [5, 5.41) is 0.0532. The topological polar surface area (TPSA) is 63.2 Å². The zero-order chi connectivity index (χ0) is 15.7. The fourth-order valence-electron chi connectivity index (χ4n) is 2.01. The van der Waals surface area contributed by atoms with Crippen LogP contribution in [0.1, 0.15) is 52.4 Å². The predicted molar refractivity (Wildman–Crippen MR) is 84.9 cm³/mol. The van der Waals surface area contributed by atoms with Gasteiger partial charge in [0.05, 0.1) is 12.4 Å². The summed E-state index contributed by atoms with van der Waals surface area (Å²) in [6.45, 7) is 5.29. The lowest BCUT2D eigenvalue weighted by Gasteiger charge is -2.21. The molecule has 0 radical (unpaired) electrons. The van der Waals surface area contributed by atoms with Gasteiger partial charge in [0, 0.05) is 13.1 Å². The average molecular weight is 334 g/mol. The van der Waals surface area contributed by atoms with Gasteiger partial charge in [-0.15, -0.1) is 0 Å². The highest BCUT2D eigenvalue weighted by atomic mass is 35.5. The molecule has 0 aliphatic rings. The van der Waals surface area contributed by atoms with Crippen molar-refractivity contribution >= 4 is 21.6 Å². The average Bonchev–Trinajstić information content (AvgIpc) is 2.46. The molecule has 0 spiro atoms. The second-order valence-corrected chi connectivity index (χ2v) is 7.28. The third-order valence-electron chi connectivity index (χ3n) is 3.26. The minimum atomic E-state index is -3.53. The van der Waals surface area contributed by atoms with Crippen molar-refractivity contribution in [1.29, 1.82) is 0 Å². The SMILES string of the molecule is CCCCCN(CCCCC)S(=O)(=O)c1cnc(Cl)nc1. The summed E-state index contributed by atoms with van der Waals surface area (Å²) in [5.41, 5.74) is 0. The summed E-state index contributed by atoms with van der Waals surface area (Å²) in [6, 6.07) is 0. The molecule has 5 nitrogen and oxygen atoms in total. The van der Waals surface area contributed by atoms with Crippen LogP contribution >= 0.6 is 11.6 Å². The molecule has 0 unspecified atom stereocenters. The number of aromatic nitrogens is 2. The quantitative estimate of drug-likeness (QED) is 0.485. The van der Waals surface area contributed by atoms with Crippen LogP contribution in [0.15, 0.2) is 17.3 Å².